The average molecular weight is 320 g/mol. The van der Waals surface area contributed by atoms with Gasteiger partial charge in [-0.15, -0.1) is 0 Å². The Labute approximate surface area is 135 Å². The number of carbonyl (C=O) groups is 1. The van der Waals surface area contributed by atoms with Crippen LogP contribution in [-0.2, 0) is 0 Å². The van der Waals surface area contributed by atoms with E-state index >= 15 is 0 Å². The number of rotatable bonds is 3. The van der Waals surface area contributed by atoms with Gasteiger partial charge in [-0.25, -0.2) is 9.78 Å². The summed E-state index contributed by atoms with van der Waals surface area (Å²) in [5.74, 6) is 0.404. The number of aromatic amines is 3. The molecule has 0 fully saturated rings. The Morgan fingerprint density at radius 3 is 2.54 bits per heavy atom. The molecule has 8 nitrogen and oxygen atoms in total. The lowest BCUT2D eigenvalue weighted by molar-refractivity contribution is 0.102. The van der Waals surface area contributed by atoms with Crippen LogP contribution in [0.4, 0.5) is 5.69 Å². The fraction of sp³-hybridized carbons (Fsp3) is 0. The summed E-state index contributed by atoms with van der Waals surface area (Å²) in [6.07, 6.45) is 1.44. The summed E-state index contributed by atoms with van der Waals surface area (Å²) in [7, 11) is 0. The Balaban J connectivity index is 1.55. The van der Waals surface area contributed by atoms with Crippen LogP contribution in [0.2, 0.25) is 0 Å². The molecule has 0 atom stereocenters. The van der Waals surface area contributed by atoms with Crippen LogP contribution < -0.4 is 11.0 Å². The molecule has 8 heteroatoms. The summed E-state index contributed by atoms with van der Waals surface area (Å²) in [4.78, 5) is 32.9. The second-order valence-corrected chi connectivity index (χ2v) is 5.21. The third kappa shape index (κ3) is 2.56. The second kappa shape index (κ2) is 5.51. The highest BCUT2D eigenvalue weighted by atomic mass is 16.2. The van der Waals surface area contributed by atoms with Gasteiger partial charge in [0.05, 0.1) is 11.0 Å². The minimum atomic E-state index is -0.300. The highest BCUT2D eigenvalue weighted by molar-refractivity contribution is 6.05. The van der Waals surface area contributed by atoms with E-state index in [0.717, 1.165) is 5.56 Å². The SMILES string of the molecule is O=C(Nc1ccc(-c2ncn[nH]2)cc1)c1ccc2[nH]c(=O)[nH]c2c1. The maximum absolute atomic E-state index is 12.3. The van der Waals surface area contributed by atoms with Crippen LogP contribution in [0.1, 0.15) is 10.4 Å². The molecule has 0 bridgehead atoms. The van der Waals surface area contributed by atoms with E-state index < -0.39 is 0 Å². The van der Waals surface area contributed by atoms with Gasteiger partial charge in [0, 0.05) is 16.8 Å². The van der Waals surface area contributed by atoms with E-state index in [9.17, 15) is 9.59 Å². The largest absolute Gasteiger partial charge is 0.323 e. The number of H-pyrrole nitrogens is 3. The van der Waals surface area contributed by atoms with E-state index in [-0.39, 0.29) is 11.6 Å². The minimum Gasteiger partial charge on any atom is -0.322 e. The lowest BCUT2D eigenvalue weighted by atomic mass is 10.1. The van der Waals surface area contributed by atoms with E-state index in [1.165, 1.54) is 6.33 Å². The zero-order valence-electron chi connectivity index (χ0n) is 12.3. The van der Waals surface area contributed by atoms with Crippen LogP contribution in [0.3, 0.4) is 0 Å². The van der Waals surface area contributed by atoms with Crippen molar-refractivity contribution in [2.45, 2.75) is 0 Å². The van der Waals surface area contributed by atoms with Crippen molar-refractivity contribution in [2.24, 2.45) is 0 Å². The van der Waals surface area contributed by atoms with Gasteiger partial charge < -0.3 is 15.3 Å². The Morgan fingerprint density at radius 2 is 1.79 bits per heavy atom. The van der Waals surface area contributed by atoms with E-state index in [1.807, 2.05) is 12.1 Å². The summed E-state index contributed by atoms with van der Waals surface area (Å²) in [5, 5.41) is 9.39. The first kappa shape index (κ1) is 13.9. The molecule has 2 aromatic carbocycles. The van der Waals surface area contributed by atoms with E-state index in [4.69, 9.17) is 0 Å². The molecule has 0 saturated carbocycles. The van der Waals surface area contributed by atoms with Crippen molar-refractivity contribution in [3.63, 3.8) is 0 Å². The number of anilines is 1. The first-order valence-electron chi connectivity index (χ1n) is 7.18. The molecule has 4 rings (SSSR count). The van der Waals surface area contributed by atoms with Gasteiger partial charge in [-0.1, -0.05) is 0 Å². The Bertz CT molecular complexity index is 1060. The molecule has 4 N–H and O–H groups in total. The predicted octanol–water partition coefficient (Wildman–Crippen LogP) is 1.89. The van der Waals surface area contributed by atoms with Crippen molar-refractivity contribution in [1.82, 2.24) is 25.1 Å². The van der Waals surface area contributed by atoms with Crippen molar-refractivity contribution in [1.29, 1.82) is 0 Å². The molecule has 2 heterocycles. The molecule has 0 aliphatic rings. The topological polar surface area (TPSA) is 119 Å². The highest BCUT2D eigenvalue weighted by Gasteiger charge is 2.09. The Hall–Kier alpha value is -3.68. The molecular formula is C16H12N6O2. The molecular weight excluding hydrogens is 308 g/mol. The third-order valence-corrected chi connectivity index (χ3v) is 3.61. The maximum atomic E-state index is 12.3. The van der Waals surface area contributed by atoms with Crippen LogP contribution >= 0.6 is 0 Å². The standard InChI is InChI=1S/C16H12N6O2/c23-15(10-3-6-12-13(7-10)21-16(24)20-12)19-11-4-1-9(2-5-11)14-17-8-18-22-14/h1-8H,(H,19,23)(H,17,18,22)(H2,20,21,24). The molecule has 0 aliphatic carbocycles. The van der Waals surface area contributed by atoms with Crippen LogP contribution in [-0.4, -0.2) is 31.1 Å². The average Bonchev–Trinajstić information content (AvgIpc) is 3.23. The molecule has 4 aromatic rings. The number of carbonyl (C=O) groups excluding carboxylic acids is 1. The summed E-state index contributed by atoms with van der Waals surface area (Å²) in [5.41, 5.74) is 2.94. The lowest BCUT2D eigenvalue weighted by Crippen LogP contribution is -2.11. The van der Waals surface area contributed by atoms with Gasteiger partial charge >= 0.3 is 5.69 Å². The number of aromatic nitrogens is 5. The van der Waals surface area contributed by atoms with Crippen molar-refractivity contribution in [3.8, 4) is 11.4 Å². The number of nitrogens with one attached hydrogen (secondary N) is 4. The van der Waals surface area contributed by atoms with Crippen molar-refractivity contribution in [2.75, 3.05) is 5.32 Å². The van der Waals surface area contributed by atoms with Gasteiger partial charge in [0.1, 0.15) is 6.33 Å². The van der Waals surface area contributed by atoms with Crippen LogP contribution in [0.15, 0.2) is 53.6 Å². The molecule has 0 radical (unpaired) electrons. The molecule has 0 unspecified atom stereocenters. The van der Waals surface area contributed by atoms with Crippen LogP contribution in [0.5, 0.6) is 0 Å². The van der Waals surface area contributed by atoms with Crippen molar-refractivity contribution < 1.29 is 4.79 Å². The number of hydrogen-bond donors (Lipinski definition) is 4. The quantitative estimate of drug-likeness (QED) is 0.461. The maximum Gasteiger partial charge on any atom is 0.323 e. The van der Waals surface area contributed by atoms with Crippen LogP contribution in [0.25, 0.3) is 22.4 Å². The molecule has 0 saturated heterocycles. The van der Waals surface area contributed by atoms with Gasteiger partial charge in [0.2, 0.25) is 0 Å². The summed E-state index contributed by atoms with van der Waals surface area (Å²) in [6.45, 7) is 0. The zero-order chi connectivity index (χ0) is 16.5. The number of amides is 1. The van der Waals surface area contributed by atoms with E-state index in [0.29, 0.717) is 28.1 Å². The fourth-order valence-electron chi connectivity index (χ4n) is 2.43. The van der Waals surface area contributed by atoms with Crippen LogP contribution in [0, 0.1) is 0 Å². The lowest BCUT2D eigenvalue weighted by Gasteiger charge is -2.06. The normalized spacial score (nSPS) is 10.8. The number of benzene rings is 2. The first-order chi connectivity index (χ1) is 11.7. The molecule has 0 aliphatic heterocycles. The summed E-state index contributed by atoms with van der Waals surface area (Å²) in [6, 6.07) is 12.2. The van der Waals surface area contributed by atoms with Gasteiger partial charge in [0.15, 0.2) is 5.82 Å². The Kier molecular flexibility index (Phi) is 3.20. The van der Waals surface area contributed by atoms with E-state index in [1.54, 1.807) is 30.3 Å². The van der Waals surface area contributed by atoms with Gasteiger partial charge in [-0.05, 0) is 42.5 Å². The summed E-state index contributed by atoms with van der Waals surface area (Å²) < 4.78 is 0. The number of hydrogen-bond acceptors (Lipinski definition) is 4. The molecule has 118 valence electrons. The molecule has 0 spiro atoms. The number of fused-ring (bicyclic) bond motifs is 1. The van der Waals surface area contributed by atoms with Gasteiger partial charge in [-0.3, -0.25) is 9.89 Å². The second-order valence-electron chi connectivity index (χ2n) is 5.21. The monoisotopic (exact) mass is 320 g/mol. The molecule has 2 aromatic heterocycles. The molecule has 24 heavy (non-hydrogen) atoms. The first-order valence-corrected chi connectivity index (χ1v) is 7.18. The third-order valence-electron chi connectivity index (χ3n) is 3.61. The smallest absolute Gasteiger partial charge is 0.322 e. The molecule has 1 amide bonds. The van der Waals surface area contributed by atoms with Gasteiger partial charge in [0.25, 0.3) is 5.91 Å². The minimum absolute atomic E-state index is 0.258. The Morgan fingerprint density at radius 1 is 1.00 bits per heavy atom. The zero-order valence-corrected chi connectivity index (χ0v) is 12.3. The van der Waals surface area contributed by atoms with Crippen molar-refractivity contribution in [3.05, 3.63) is 64.8 Å². The highest BCUT2D eigenvalue weighted by Crippen LogP contribution is 2.18. The number of imidazole rings is 1. The van der Waals surface area contributed by atoms with Gasteiger partial charge in [-0.2, -0.15) is 5.10 Å². The summed E-state index contributed by atoms with van der Waals surface area (Å²) >= 11 is 0. The predicted molar refractivity (Wildman–Crippen MR) is 88.7 cm³/mol. The van der Waals surface area contributed by atoms with E-state index in [2.05, 4.69) is 30.5 Å². The fourth-order valence-corrected chi connectivity index (χ4v) is 2.43. The number of nitrogens with zero attached hydrogens (tertiary/aromatic N) is 2. The van der Waals surface area contributed by atoms with Crippen molar-refractivity contribution >= 4 is 22.6 Å².